The molecular formula is C9H13NS. The molecule has 0 atom stereocenters. The van der Waals surface area contributed by atoms with Gasteiger partial charge < -0.3 is 0 Å². The van der Waals surface area contributed by atoms with Gasteiger partial charge in [-0.15, -0.1) is 0 Å². The molecule has 1 nitrogen and oxygen atoms in total. The quantitative estimate of drug-likeness (QED) is 0.596. The van der Waals surface area contributed by atoms with Crippen molar-refractivity contribution in [3.8, 4) is 0 Å². The van der Waals surface area contributed by atoms with Gasteiger partial charge in [0.15, 0.2) is 0 Å². The van der Waals surface area contributed by atoms with Gasteiger partial charge in [-0.25, -0.2) is 0 Å². The summed E-state index contributed by atoms with van der Waals surface area (Å²) in [5.41, 5.74) is 1.42. The maximum atomic E-state index is 3.20. The van der Waals surface area contributed by atoms with Gasteiger partial charge in [0.25, 0.3) is 0 Å². The van der Waals surface area contributed by atoms with E-state index in [-0.39, 0.29) is 0 Å². The smallest absolute Gasteiger partial charge is 0.0324 e. The molecule has 0 unspecified atom stereocenters. The molecule has 1 aromatic rings. The standard InChI is InChI=1S/C7H7NS.C2H6/c1-2-4-7-6(3-1)5-8-9-7;1-2/h1-4,8H,5H2;1-2H3. The average Bonchev–Trinajstić information content (AvgIpc) is 2.55. The second-order valence-electron chi connectivity index (χ2n) is 2.03. The molecule has 1 N–H and O–H groups in total. The van der Waals surface area contributed by atoms with Crippen LogP contribution in [0, 0.1) is 0 Å². The van der Waals surface area contributed by atoms with Crippen LogP contribution in [0.3, 0.4) is 0 Å². The number of hydrogen-bond donors (Lipinski definition) is 1. The lowest BCUT2D eigenvalue weighted by Crippen LogP contribution is -1.90. The summed E-state index contributed by atoms with van der Waals surface area (Å²) in [4.78, 5) is 1.37. The van der Waals surface area contributed by atoms with Crippen molar-refractivity contribution in [3.05, 3.63) is 29.8 Å². The van der Waals surface area contributed by atoms with Crippen molar-refractivity contribution in [3.63, 3.8) is 0 Å². The van der Waals surface area contributed by atoms with E-state index in [4.69, 9.17) is 0 Å². The number of benzene rings is 1. The van der Waals surface area contributed by atoms with E-state index in [2.05, 4.69) is 29.0 Å². The summed E-state index contributed by atoms with van der Waals surface area (Å²) in [5.74, 6) is 0. The second-order valence-corrected chi connectivity index (χ2v) is 2.96. The van der Waals surface area contributed by atoms with Crippen molar-refractivity contribution >= 4 is 11.9 Å². The van der Waals surface area contributed by atoms with Gasteiger partial charge in [-0.05, 0) is 23.6 Å². The third-order valence-electron chi connectivity index (χ3n) is 1.42. The normalized spacial score (nSPS) is 13.3. The zero-order valence-corrected chi connectivity index (χ0v) is 7.74. The van der Waals surface area contributed by atoms with E-state index < -0.39 is 0 Å². The summed E-state index contributed by atoms with van der Waals surface area (Å²) >= 11 is 1.72. The van der Waals surface area contributed by atoms with Crippen molar-refractivity contribution in [1.29, 1.82) is 0 Å². The van der Waals surface area contributed by atoms with Gasteiger partial charge in [0.05, 0.1) is 0 Å². The molecule has 0 radical (unpaired) electrons. The summed E-state index contributed by atoms with van der Waals surface area (Å²) in [7, 11) is 0. The van der Waals surface area contributed by atoms with Gasteiger partial charge in [0.1, 0.15) is 0 Å². The third-order valence-corrected chi connectivity index (χ3v) is 2.32. The first-order valence-electron chi connectivity index (χ1n) is 3.94. The van der Waals surface area contributed by atoms with E-state index in [1.54, 1.807) is 11.9 Å². The molecule has 0 amide bonds. The maximum absolute atomic E-state index is 3.20. The summed E-state index contributed by atoms with van der Waals surface area (Å²) < 4.78 is 3.20. The van der Waals surface area contributed by atoms with E-state index in [0.717, 1.165) is 6.54 Å². The van der Waals surface area contributed by atoms with Crippen LogP contribution >= 0.6 is 11.9 Å². The number of nitrogens with one attached hydrogen (secondary N) is 1. The van der Waals surface area contributed by atoms with Crippen LogP contribution in [-0.4, -0.2) is 0 Å². The molecular weight excluding hydrogens is 154 g/mol. The molecule has 11 heavy (non-hydrogen) atoms. The molecule has 0 saturated heterocycles. The Bertz CT molecular complexity index is 200. The average molecular weight is 167 g/mol. The third kappa shape index (κ3) is 1.98. The highest BCUT2D eigenvalue weighted by Crippen LogP contribution is 2.25. The van der Waals surface area contributed by atoms with Crippen molar-refractivity contribution in [2.24, 2.45) is 0 Å². The molecule has 2 rings (SSSR count). The van der Waals surface area contributed by atoms with Crippen LogP contribution in [0.5, 0.6) is 0 Å². The Morgan fingerprint density at radius 1 is 1.27 bits per heavy atom. The van der Waals surface area contributed by atoms with Crippen molar-refractivity contribution < 1.29 is 0 Å². The summed E-state index contributed by atoms with van der Waals surface area (Å²) in [5, 5.41) is 0. The molecule has 1 aromatic carbocycles. The summed E-state index contributed by atoms with van der Waals surface area (Å²) in [6.45, 7) is 5.01. The zero-order valence-electron chi connectivity index (χ0n) is 6.92. The van der Waals surface area contributed by atoms with Gasteiger partial charge in [-0.3, -0.25) is 4.72 Å². The Hall–Kier alpha value is -0.470. The molecule has 0 saturated carbocycles. The first-order valence-corrected chi connectivity index (χ1v) is 4.76. The van der Waals surface area contributed by atoms with Crippen LogP contribution in [-0.2, 0) is 6.54 Å². The fourth-order valence-electron chi connectivity index (χ4n) is 0.941. The summed E-state index contributed by atoms with van der Waals surface area (Å²) in [6, 6.07) is 8.44. The SMILES string of the molecule is CC.c1ccc2c(c1)CNS2. The molecule has 60 valence electrons. The molecule has 0 aliphatic carbocycles. The predicted octanol–water partition coefficient (Wildman–Crippen LogP) is 2.82. The Kier molecular flexibility index (Phi) is 3.46. The van der Waals surface area contributed by atoms with Gasteiger partial charge in [-0.2, -0.15) is 0 Å². The Morgan fingerprint density at radius 3 is 2.73 bits per heavy atom. The molecule has 0 fully saturated rings. The Balaban J connectivity index is 0.000000281. The summed E-state index contributed by atoms with van der Waals surface area (Å²) in [6.07, 6.45) is 0. The molecule has 1 heterocycles. The van der Waals surface area contributed by atoms with E-state index in [1.807, 2.05) is 13.8 Å². The van der Waals surface area contributed by atoms with Crippen molar-refractivity contribution in [1.82, 2.24) is 4.72 Å². The molecule has 0 aromatic heterocycles. The van der Waals surface area contributed by atoms with E-state index in [9.17, 15) is 0 Å². The maximum Gasteiger partial charge on any atom is 0.0324 e. The van der Waals surface area contributed by atoms with E-state index in [1.165, 1.54) is 10.5 Å². The van der Waals surface area contributed by atoms with E-state index in [0.29, 0.717) is 0 Å². The minimum Gasteiger partial charge on any atom is -0.255 e. The minimum absolute atomic E-state index is 1.01. The van der Waals surface area contributed by atoms with Crippen LogP contribution < -0.4 is 4.72 Å². The first kappa shape index (κ1) is 8.62. The zero-order chi connectivity index (χ0) is 8.10. The lowest BCUT2D eigenvalue weighted by molar-refractivity contribution is 0.994. The molecule has 2 heteroatoms. The van der Waals surface area contributed by atoms with Gasteiger partial charge in [-0.1, -0.05) is 32.0 Å². The fraction of sp³-hybridized carbons (Fsp3) is 0.333. The highest BCUT2D eigenvalue weighted by atomic mass is 32.2. The van der Waals surface area contributed by atoms with Gasteiger partial charge >= 0.3 is 0 Å². The highest BCUT2D eigenvalue weighted by Gasteiger charge is 2.07. The van der Waals surface area contributed by atoms with Crippen LogP contribution in [0.4, 0.5) is 0 Å². The van der Waals surface area contributed by atoms with Crippen molar-refractivity contribution in [2.45, 2.75) is 25.3 Å². The molecule has 1 aliphatic rings. The predicted molar refractivity (Wildman–Crippen MR) is 50.5 cm³/mol. The first-order chi connectivity index (χ1) is 5.47. The number of hydrogen-bond acceptors (Lipinski definition) is 2. The number of rotatable bonds is 0. The van der Waals surface area contributed by atoms with Gasteiger partial charge in [0, 0.05) is 11.4 Å². The molecule has 0 bridgehead atoms. The monoisotopic (exact) mass is 167 g/mol. The molecule has 0 spiro atoms. The van der Waals surface area contributed by atoms with Crippen LogP contribution in [0.15, 0.2) is 29.2 Å². The minimum atomic E-state index is 1.01. The lowest BCUT2D eigenvalue weighted by atomic mass is 10.2. The largest absolute Gasteiger partial charge is 0.255 e. The fourth-order valence-corrected chi connectivity index (χ4v) is 1.74. The lowest BCUT2D eigenvalue weighted by Gasteiger charge is -1.90. The topological polar surface area (TPSA) is 12.0 Å². The van der Waals surface area contributed by atoms with Crippen LogP contribution in [0.2, 0.25) is 0 Å². The van der Waals surface area contributed by atoms with Gasteiger partial charge in [0.2, 0.25) is 0 Å². The molecule has 1 aliphatic heterocycles. The number of fused-ring (bicyclic) bond motifs is 1. The second kappa shape index (κ2) is 4.42. The Morgan fingerprint density at radius 2 is 2.00 bits per heavy atom. The Labute approximate surface area is 72.3 Å². The van der Waals surface area contributed by atoms with Crippen LogP contribution in [0.25, 0.3) is 0 Å². The highest BCUT2D eigenvalue weighted by molar-refractivity contribution is 7.97. The van der Waals surface area contributed by atoms with Crippen LogP contribution in [0.1, 0.15) is 19.4 Å². The van der Waals surface area contributed by atoms with E-state index >= 15 is 0 Å². The van der Waals surface area contributed by atoms with Crippen molar-refractivity contribution in [2.75, 3.05) is 0 Å².